The van der Waals surface area contributed by atoms with E-state index in [1.54, 1.807) is 7.11 Å². The Balaban J connectivity index is 1.36. The Labute approximate surface area is 231 Å². The number of morpholine rings is 1. The predicted octanol–water partition coefficient (Wildman–Crippen LogP) is 4.94. The maximum Gasteiger partial charge on any atom is 0.317 e. The minimum absolute atomic E-state index is 0.0156. The lowest BCUT2D eigenvalue weighted by atomic mass is 9.45. The van der Waals surface area contributed by atoms with Crippen molar-refractivity contribution in [1.29, 1.82) is 0 Å². The Morgan fingerprint density at radius 3 is 2.56 bits per heavy atom. The van der Waals surface area contributed by atoms with Gasteiger partial charge in [0.15, 0.2) is 6.29 Å². The zero-order valence-corrected chi connectivity index (χ0v) is 23.9. The van der Waals surface area contributed by atoms with Crippen molar-refractivity contribution in [2.45, 2.75) is 77.9 Å². The number of ether oxygens (including phenoxy) is 3. The van der Waals surface area contributed by atoms with Gasteiger partial charge in [0, 0.05) is 25.6 Å². The smallest absolute Gasteiger partial charge is 0.317 e. The van der Waals surface area contributed by atoms with Gasteiger partial charge in [0.1, 0.15) is 17.5 Å². The van der Waals surface area contributed by atoms with Crippen LogP contribution in [0.2, 0.25) is 0 Å². The average molecular weight is 538 g/mol. The van der Waals surface area contributed by atoms with E-state index in [1.165, 1.54) is 5.56 Å². The molecule has 0 unspecified atom stereocenters. The second kappa shape index (κ2) is 9.42. The van der Waals surface area contributed by atoms with E-state index in [0.29, 0.717) is 25.3 Å². The van der Waals surface area contributed by atoms with Gasteiger partial charge < -0.3 is 24.1 Å². The topological polar surface area (TPSA) is 85.3 Å². The van der Waals surface area contributed by atoms with E-state index in [-0.39, 0.29) is 29.8 Å². The molecule has 5 aliphatic rings. The average Bonchev–Trinajstić information content (AvgIpc) is 3.46. The molecule has 1 N–H and O–H groups in total. The van der Waals surface area contributed by atoms with Crippen LogP contribution in [0.15, 0.2) is 35.9 Å². The van der Waals surface area contributed by atoms with Gasteiger partial charge in [0.2, 0.25) is 0 Å². The fourth-order valence-electron chi connectivity index (χ4n) is 9.73. The molecule has 1 saturated heterocycles. The van der Waals surface area contributed by atoms with Crippen LogP contribution in [0.25, 0.3) is 0 Å². The van der Waals surface area contributed by atoms with Gasteiger partial charge in [-0.2, -0.15) is 0 Å². The van der Waals surface area contributed by atoms with Gasteiger partial charge in [-0.05, 0) is 67.6 Å². The monoisotopic (exact) mass is 537 g/mol. The largest absolute Gasteiger partial charge is 0.497 e. The van der Waals surface area contributed by atoms with Crippen molar-refractivity contribution in [1.82, 2.24) is 4.90 Å². The number of carbonyl (C=O) groups excluding carboxylic acids is 1. The number of fused-ring (bicyclic) bond motifs is 2. The van der Waals surface area contributed by atoms with Crippen molar-refractivity contribution in [3.05, 3.63) is 41.5 Å². The molecule has 0 aromatic heterocycles. The maximum atomic E-state index is 13.7. The number of aldehydes is 1. The third-order valence-electron chi connectivity index (χ3n) is 11.1. The van der Waals surface area contributed by atoms with E-state index in [4.69, 9.17) is 14.2 Å². The Hall–Kier alpha value is -2.22. The quantitative estimate of drug-likeness (QED) is 0.372. The van der Waals surface area contributed by atoms with E-state index in [9.17, 15) is 14.7 Å². The Bertz CT molecular complexity index is 1160. The molecule has 0 radical (unpaired) electrons. The van der Waals surface area contributed by atoms with Crippen LogP contribution in [-0.2, 0) is 25.6 Å². The van der Waals surface area contributed by atoms with Crippen LogP contribution in [0, 0.1) is 40.4 Å². The minimum atomic E-state index is -1.35. The van der Waals surface area contributed by atoms with Crippen LogP contribution >= 0.6 is 0 Å². The highest BCUT2D eigenvalue weighted by Gasteiger charge is 2.85. The molecule has 1 aromatic carbocycles. The number of carbonyl (C=O) groups is 2. The summed E-state index contributed by atoms with van der Waals surface area (Å²) in [5, 5.41) is 11.2. The molecule has 3 saturated carbocycles. The first-order valence-electron chi connectivity index (χ1n) is 14.7. The Morgan fingerprint density at radius 1 is 1.18 bits per heavy atom. The number of nitrogens with zero attached hydrogens (tertiary/aromatic N) is 1. The first kappa shape index (κ1) is 27.0. The molecule has 4 fully saturated rings. The van der Waals surface area contributed by atoms with Crippen LogP contribution < -0.4 is 4.74 Å². The fourth-order valence-corrected chi connectivity index (χ4v) is 9.73. The van der Waals surface area contributed by atoms with Gasteiger partial charge in [-0.1, -0.05) is 51.0 Å². The molecular formula is C32H43NO6. The number of carboxylic acid groups (broad SMARTS) is 1. The number of aliphatic carboxylic acids is 1. The van der Waals surface area contributed by atoms with E-state index < -0.39 is 28.7 Å². The molecule has 9 atom stereocenters. The molecule has 6 rings (SSSR count). The van der Waals surface area contributed by atoms with Crippen molar-refractivity contribution >= 4 is 12.3 Å². The summed E-state index contributed by atoms with van der Waals surface area (Å²) in [4.78, 5) is 29.2. The normalized spacial score (nSPS) is 42.9. The van der Waals surface area contributed by atoms with Crippen LogP contribution in [0.4, 0.5) is 0 Å². The third kappa shape index (κ3) is 3.58. The number of carboxylic acids is 1. The van der Waals surface area contributed by atoms with Crippen molar-refractivity contribution in [3.63, 3.8) is 0 Å². The zero-order chi connectivity index (χ0) is 27.7. The molecule has 212 valence electrons. The van der Waals surface area contributed by atoms with Crippen LogP contribution in [0.1, 0.15) is 58.9 Å². The molecule has 7 nitrogen and oxygen atoms in total. The molecule has 0 amide bonds. The van der Waals surface area contributed by atoms with E-state index in [0.717, 1.165) is 43.5 Å². The lowest BCUT2D eigenvalue weighted by Crippen LogP contribution is -2.67. The SMILES string of the molecule is COc1ccc(CN2C[C@H](O[C@@]34C[C@@H]5[C@H](C)CC[C@H]5[C@@]5(C=O)C[C@@H]3C=C(C(C)C)[C@@]45C(=O)O)O[C@H](C)C2)cc1. The molecule has 1 aromatic rings. The van der Waals surface area contributed by atoms with Gasteiger partial charge in [-0.25, -0.2) is 0 Å². The Kier molecular flexibility index (Phi) is 6.52. The number of rotatable bonds is 8. The van der Waals surface area contributed by atoms with Crippen molar-refractivity contribution < 1.29 is 28.9 Å². The van der Waals surface area contributed by atoms with E-state index in [1.807, 2.05) is 19.1 Å². The molecule has 1 aliphatic heterocycles. The van der Waals surface area contributed by atoms with Crippen molar-refractivity contribution in [2.75, 3.05) is 20.2 Å². The second-order valence-electron chi connectivity index (χ2n) is 13.3. The summed E-state index contributed by atoms with van der Waals surface area (Å²) in [6.45, 7) is 10.5. The highest BCUT2D eigenvalue weighted by Crippen LogP contribution is 2.80. The van der Waals surface area contributed by atoms with E-state index >= 15 is 0 Å². The van der Waals surface area contributed by atoms with Crippen molar-refractivity contribution in [3.8, 4) is 5.75 Å². The first-order chi connectivity index (χ1) is 18.6. The van der Waals surface area contributed by atoms with Gasteiger partial charge in [0.25, 0.3) is 0 Å². The summed E-state index contributed by atoms with van der Waals surface area (Å²) in [5.74, 6) is 0.653. The number of benzene rings is 1. The molecule has 4 bridgehead atoms. The van der Waals surface area contributed by atoms with Gasteiger partial charge >= 0.3 is 5.97 Å². The number of hydrogen-bond acceptors (Lipinski definition) is 6. The lowest BCUT2D eigenvalue weighted by molar-refractivity contribution is -0.293. The lowest BCUT2D eigenvalue weighted by Gasteiger charge is -2.58. The van der Waals surface area contributed by atoms with Crippen LogP contribution in [-0.4, -0.2) is 60.5 Å². The van der Waals surface area contributed by atoms with Crippen LogP contribution in [0.3, 0.4) is 0 Å². The minimum Gasteiger partial charge on any atom is -0.497 e. The summed E-state index contributed by atoms with van der Waals surface area (Å²) in [6.07, 6.45) is 5.78. The highest BCUT2D eigenvalue weighted by molar-refractivity contribution is 5.91. The van der Waals surface area contributed by atoms with Gasteiger partial charge in [-0.15, -0.1) is 0 Å². The van der Waals surface area contributed by atoms with Crippen molar-refractivity contribution in [2.24, 2.45) is 40.4 Å². The molecule has 39 heavy (non-hydrogen) atoms. The summed E-state index contributed by atoms with van der Waals surface area (Å²) >= 11 is 0. The number of hydrogen-bond donors (Lipinski definition) is 1. The second-order valence-corrected chi connectivity index (χ2v) is 13.3. The third-order valence-corrected chi connectivity index (χ3v) is 11.1. The maximum absolute atomic E-state index is 13.7. The summed E-state index contributed by atoms with van der Waals surface area (Å²) in [7, 11) is 1.67. The molecule has 1 heterocycles. The predicted molar refractivity (Wildman–Crippen MR) is 146 cm³/mol. The summed E-state index contributed by atoms with van der Waals surface area (Å²) < 4.78 is 18.8. The number of methoxy groups -OCH3 is 1. The standard InChI is InChI=1S/C32H43NO6/c1-19(2)27-12-23-13-30(18-34)26-11-6-20(3)25(26)14-31(23,32(27,30)29(35)36)39-28-17-33(15-21(4)38-28)16-22-7-9-24(37-5)10-8-22/h7-10,12,18-21,23,25-26,28H,6,11,13-17H2,1-5H3,(H,35,36)/t20-,21-,23+,25-,26-,28+,30+,31+,32+/m1/s1. The molecule has 0 spiro atoms. The first-order valence-corrected chi connectivity index (χ1v) is 14.7. The molecular weight excluding hydrogens is 494 g/mol. The molecule has 7 heteroatoms. The van der Waals surface area contributed by atoms with Gasteiger partial charge in [0.05, 0.1) is 24.2 Å². The fraction of sp³-hybridized carbons (Fsp3) is 0.688. The summed E-state index contributed by atoms with van der Waals surface area (Å²) in [6, 6.07) is 8.09. The zero-order valence-electron chi connectivity index (χ0n) is 23.9. The highest BCUT2D eigenvalue weighted by atomic mass is 16.7. The summed E-state index contributed by atoms with van der Waals surface area (Å²) in [5.41, 5.74) is -1.21. The Morgan fingerprint density at radius 2 is 1.92 bits per heavy atom. The van der Waals surface area contributed by atoms with Crippen LogP contribution in [0.5, 0.6) is 5.75 Å². The van der Waals surface area contributed by atoms with E-state index in [2.05, 4.69) is 43.9 Å². The van der Waals surface area contributed by atoms with Gasteiger partial charge in [-0.3, -0.25) is 9.69 Å². The molecule has 4 aliphatic carbocycles.